The van der Waals surface area contributed by atoms with Crippen molar-refractivity contribution in [3.05, 3.63) is 65.2 Å². The van der Waals surface area contributed by atoms with Gasteiger partial charge in [-0.15, -0.1) is 11.8 Å². The number of hydrogen-bond acceptors (Lipinski definition) is 8. The summed E-state index contributed by atoms with van der Waals surface area (Å²) in [5, 5.41) is 0. The Kier molecular flexibility index (Phi) is 7.54. The quantitative estimate of drug-likeness (QED) is 0.451. The lowest BCUT2D eigenvalue weighted by Gasteiger charge is -2.49. The van der Waals surface area contributed by atoms with Crippen LogP contribution in [0.2, 0.25) is 0 Å². The molecule has 1 aliphatic heterocycles. The van der Waals surface area contributed by atoms with Crippen LogP contribution in [0, 0.1) is 5.41 Å². The lowest BCUT2D eigenvalue weighted by atomic mass is 9.70. The normalized spacial score (nSPS) is 22.0. The highest BCUT2D eigenvalue weighted by molar-refractivity contribution is 8.00. The predicted octanol–water partition coefficient (Wildman–Crippen LogP) is 4.16. The summed E-state index contributed by atoms with van der Waals surface area (Å²) in [5.41, 5.74) is 0.988. The van der Waals surface area contributed by atoms with Crippen LogP contribution in [0.3, 0.4) is 0 Å². The topological polar surface area (TPSA) is 91.4 Å². The molecule has 4 rings (SSSR count). The summed E-state index contributed by atoms with van der Waals surface area (Å²) < 4.78 is 21.7. The van der Waals surface area contributed by atoms with Gasteiger partial charge in [-0.2, -0.15) is 0 Å². The number of thioether (sulfide) groups is 1. The molecule has 0 saturated carbocycles. The minimum Gasteiger partial charge on any atom is -0.493 e. The Labute approximate surface area is 220 Å². The van der Waals surface area contributed by atoms with Crippen molar-refractivity contribution < 1.29 is 33.3 Å². The largest absolute Gasteiger partial charge is 0.493 e. The van der Waals surface area contributed by atoms with Crippen LogP contribution in [0.25, 0.3) is 5.76 Å². The summed E-state index contributed by atoms with van der Waals surface area (Å²) in [6, 6.07) is 13.1. The first-order valence-electron chi connectivity index (χ1n) is 12.0. The van der Waals surface area contributed by atoms with Crippen molar-refractivity contribution in [3.63, 3.8) is 0 Å². The van der Waals surface area contributed by atoms with Crippen LogP contribution < -0.4 is 9.47 Å². The number of carbonyl (C=O) groups excluding carboxylic acids is 3. The van der Waals surface area contributed by atoms with Gasteiger partial charge in [-0.05, 0) is 35.9 Å². The Hall–Kier alpha value is -3.46. The molecular formula is C28H31NO7S. The Morgan fingerprint density at radius 2 is 1.78 bits per heavy atom. The molecule has 2 aliphatic rings. The molecule has 2 aromatic carbocycles. The zero-order chi connectivity index (χ0) is 26.8. The fraction of sp³-hybridized carbons (Fsp3) is 0.393. The van der Waals surface area contributed by atoms with E-state index in [2.05, 4.69) is 0 Å². The van der Waals surface area contributed by atoms with Gasteiger partial charge in [-0.3, -0.25) is 14.4 Å². The molecule has 1 fully saturated rings. The van der Waals surface area contributed by atoms with Crippen LogP contribution in [0.1, 0.15) is 37.0 Å². The molecule has 2 aromatic rings. The summed E-state index contributed by atoms with van der Waals surface area (Å²) in [4.78, 5) is 40.0. The maximum atomic E-state index is 13.8. The number of ether oxygens (including phenoxy) is 4. The molecule has 0 bridgehead atoms. The monoisotopic (exact) mass is 525 g/mol. The predicted molar refractivity (Wildman–Crippen MR) is 140 cm³/mol. The van der Waals surface area contributed by atoms with Crippen molar-refractivity contribution in [1.82, 2.24) is 4.90 Å². The van der Waals surface area contributed by atoms with E-state index in [4.69, 9.17) is 18.9 Å². The number of carbonyl (C=O) groups is 3. The zero-order valence-electron chi connectivity index (χ0n) is 21.7. The molecule has 0 spiro atoms. The smallest absolute Gasteiger partial charge is 0.320 e. The van der Waals surface area contributed by atoms with Gasteiger partial charge < -0.3 is 23.8 Å². The van der Waals surface area contributed by atoms with Crippen LogP contribution >= 0.6 is 11.8 Å². The number of amides is 1. The highest BCUT2D eigenvalue weighted by Crippen LogP contribution is 2.64. The van der Waals surface area contributed by atoms with E-state index < -0.39 is 22.2 Å². The van der Waals surface area contributed by atoms with Gasteiger partial charge in [0.1, 0.15) is 16.0 Å². The Bertz CT molecular complexity index is 1260. The van der Waals surface area contributed by atoms with Gasteiger partial charge >= 0.3 is 11.9 Å². The van der Waals surface area contributed by atoms with Crippen molar-refractivity contribution in [2.45, 2.75) is 31.6 Å². The first-order chi connectivity index (χ1) is 17.8. The van der Waals surface area contributed by atoms with Crippen LogP contribution in [-0.2, 0) is 35.1 Å². The summed E-state index contributed by atoms with van der Waals surface area (Å²) in [7, 11) is 4.47. The molecule has 196 valence electrons. The van der Waals surface area contributed by atoms with Gasteiger partial charge in [0.05, 0.1) is 27.8 Å². The van der Waals surface area contributed by atoms with Gasteiger partial charge in [0.15, 0.2) is 11.5 Å². The Morgan fingerprint density at radius 3 is 2.43 bits per heavy atom. The van der Waals surface area contributed by atoms with Gasteiger partial charge in [0.2, 0.25) is 5.91 Å². The van der Waals surface area contributed by atoms with Crippen molar-refractivity contribution in [1.29, 1.82) is 0 Å². The summed E-state index contributed by atoms with van der Waals surface area (Å²) >= 11 is 1.51. The van der Waals surface area contributed by atoms with Crippen LogP contribution in [-0.4, -0.2) is 56.4 Å². The molecule has 1 amide bonds. The number of benzene rings is 2. The third kappa shape index (κ3) is 4.25. The van der Waals surface area contributed by atoms with Crippen LogP contribution in [0.4, 0.5) is 0 Å². The molecule has 1 aliphatic carbocycles. The molecular weight excluding hydrogens is 494 g/mol. The molecule has 0 N–H and O–H groups in total. The highest BCUT2D eigenvalue weighted by Gasteiger charge is 2.69. The Balaban J connectivity index is 1.86. The van der Waals surface area contributed by atoms with Crippen molar-refractivity contribution in [2.75, 3.05) is 33.6 Å². The molecule has 0 aromatic heterocycles. The number of likely N-dealkylation sites (tertiary alicyclic amines) is 1. The maximum absolute atomic E-state index is 13.8. The summed E-state index contributed by atoms with van der Waals surface area (Å²) in [6.45, 7) is 3.65. The van der Waals surface area contributed by atoms with E-state index in [1.54, 1.807) is 25.2 Å². The SMILES string of the molecule is CCS[C@]12c3ccccc3C(OC(C)=O)=C[C@@]1(C(=O)OC)CC(=O)N2CCc1ccc(OC)c(OC)c1. The number of fused-ring (bicyclic) bond motifs is 3. The lowest BCUT2D eigenvalue weighted by molar-refractivity contribution is -0.152. The molecule has 2 atom stereocenters. The second kappa shape index (κ2) is 10.5. The van der Waals surface area contributed by atoms with E-state index in [-0.39, 0.29) is 18.1 Å². The Morgan fingerprint density at radius 1 is 1.05 bits per heavy atom. The molecule has 9 heteroatoms. The third-order valence-electron chi connectivity index (χ3n) is 6.88. The van der Waals surface area contributed by atoms with Crippen molar-refractivity contribution in [3.8, 4) is 11.5 Å². The first-order valence-corrected chi connectivity index (χ1v) is 13.0. The van der Waals surface area contributed by atoms with Gasteiger partial charge in [0.25, 0.3) is 0 Å². The number of esters is 2. The maximum Gasteiger partial charge on any atom is 0.320 e. The second-order valence-electron chi connectivity index (χ2n) is 8.85. The molecule has 1 heterocycles. The molecule has 0 unspecified atom stereocenters. The average Bonchev–Trinajstić information content (AvgIpc) is 3.14. The molecule has 37 heavy (non-hydrogen) atoms. The highest BCUT2D eigenvalue weighted by atomic mass is 32.2. The standard InChI is InChI=1S/C28H31NO7S/c1-6-37-28-21-10-8-7-9-20(21)24(36-18(2)30)16-27(28,26(32)35-5)17-25(31)29(28)14-13-19-11-12-22(33-3)23(15-19)34-4/h7-12,15-16H,6,13-14,17H2,1-5H3/t27-,28+/m0/s1. The number of hydrogen-bond donors (Lipinski definition) is 0. The average molecular weight is 526 g/mol. The van der Waals surface area contributed by atoms with Gasteiger partial charge in [-0.25, -0.2) is 0 Å². The molecule has 0 radical (unpaired) electrons. The van der Waals surface area contributed by atoms with Crippen molar-refractivity contribution >= 4 is 35.4 Å². The van der Waals surface area contributed by atoms with E-state index in [0.717, 1.165) is 11.1 Å². The number of methoxy groups -OCH3 is 3. The summed E-state index contributed by atoms with van der Waals surface area (Å²) in [5.74, 6) is 0.879. The second-order valence-corrected chi connectivity index (χ2v) is 10.3. The van der Waals surface area contributed by atoms with Crippen LogP contribution in [0.5, 0.6) is 11.5 Å². The fourth-order valence-corrected chi connectivity index (χ4v) is 7.02. The van der Waals surface area contributed by atoms with Gasteiger partial charge in [0, 0.05) is 24.6 Å². The van der Waals surface area contributed by atoms with E-state index in [1.807, 2.05) is 49.4 Å². The van der Waals surface area contributed by atoms with Gasteiger partial charge in [-0.1, -0.05) is 37.3 Å². The molecule has 8 nitrogen and oxygen atoms in total. The number of rotatable bonds is 9. The van der Waals surface area contributed by atoms with E-state index in [1.165, 1.54) is 25.8 Å². The summed E-state index contributed by atoms with van der Waals surface area (Å²) in [6.07, 6.45) is 2.05. The van der Waals surface area contributed by atoms with E-state index in [0.29, 0.717) is 35.8 Å². The minimum atomic E-state index is -1.38. The third-order valence-corrected chi connectivity index (χ3v) is 8.39. The molecule has 1 saturated heterocycles. The van der Waals surface area contributed by atoms with E-state index >= 15 is 0 Å². The zero-order valence-corrected chi connectivity index (χ0v) is 22.5. The van der Waals surface area contributed by atoms with Crippen molar-refractivity contribution in [2.24, 2.45) is 5.41 Å². The lowest BCUT2D eigenvalue weighted by Crippen LogP contribution is -2.55. The van der Waals surface area contributed by atoms with E-state index in [9.17, 15) is 14.4 Å². The van der Waals surface area contributed by atoms with Crippen LogP contribution in [0.15, 0.2) is 48.5 Å². The number of nitrogens with zero attached hydrogens (tertiary/aromatic N) is 1. The fourth-order valence-electron chi connectivity index (χ4n) is 5.44. The first kappa shape index (κ1) is 26.6. The minimum absolute atomic E-state index is 0.0995.